The summed E-state index contributed by atoms with van der Waals surface area (Å²) < 4.78 is 5.12. The van der Waals surface area contributed by atoms with Crippen molar-refractivity contribution >= 4 is 17.7 Å². The van der Waals surface area contributed by atoms with E-state index in [9.17, 15) is 4.79 Å². The smallest absolute Gasteiger partial charge is 0.230 e. The number of carbonyl (C=O) groups is 1. The average Bonchev–Trinajstić information content (AvgIpc) is 2.42. The predicted molar refractivity (Wildman–Crippen MR) is 75.8 cm³/mol. The number of rotatable bonds is 7. The molecule has 0 saturated carbocycles. The molecule has 0 fully saturated rings. The highest BCUT2D eigenvalue weighted by atomic mass is 32.2. The van der Waals surface area contributed by atoms with E-state index in [0.29, 0.717) is 24.1 Å². The van der Waals surface area contributed by atoms with E-state index in [-0.39, 0.29) is 5.91 Å². The van der Waals surface area contributed by atoms with Crippen LogP contribution in [0.1, 0.15) is 12.5 Å². The van der Waals surface area contributed by atoms with E-state index in [2.05, 4.69) is 5.32 Å². The first-order valence-corrected chi connectivity index (χ1v) is 6.92. The molecule has 4 nitrogen and oxygen atoms in total. The molecular formula is C13H20N2O2S. The molecule has 0 saturated heterocycles. The number of thioether (sulfide) groups is 1. The van der Waals surface area contributed by atoms with Crippen molar-refractivity contribution in [3.63, 3.8) is 0 Å². The molecule has 5 heteroatoms. The summed E-state index contributed by atoms with van der Waals surface area (Å²) in [6.45, 7) is 3.13. The predicted octanol–water partition coefficient (Wildman–Crippen LogP) is 1.39. The van der Waals surface area contributed by atoms with Crippen molar-refractivity contribution < 1.29 is 9.53 Å². The van der Waals surface area contributed by atoms with Gasteiger partial charge >= 0.3 is 0 Å². The molecule has 1 aromatic rings. The Balaban J connectivity index is 2.33. The summed E-state index contributed by atoms with van der Waals surface area (Å²) in [7, 11) is 1.63. The van der Waals surface area contributed by atoms with Gasteiger partial charge in [-0.05, 0) is 17.7 Å². The number of nitrogens with one attached hydrogen (secondary N) is 1. The van der Waals surface area contributed by atoms with Crippen LogP contribution in [-0.4, -0.2) is 30.6 Å². The Kier molecular flexibility index (Phi) is 6.60. The van der Waals surface area contributed by atoms with E-state index in [1.807, 2.05) is 31.2 Å². The Morgan fingerprint density at radius 1 is 1.56 bits per heavy atom. The molecule has 3 N–H and O–H groups in total. The minimum absolute atomic E-state index is 0.0307. The highest BCUT2D eigenvalue weighted by Gasteiger charge is 2.05. The minimum atomic E-state index is 0.0307. The third-order valence-electron chi connectivity index (χ3n) is 2.45. The van der Waals surface area contributed by atoms with Crippen LogP contribution in [0.25, 0.3) is 0 Å². The first-order chi connectivity index (χ1) is 8.65. The fourth-order valence-electron chi connectivity index (χ4n) is 1.32. The number of carbonyl (C=O) groups excluding carboxylic acids is 1. The second-order valence-corrected chi connectivity index (χ2v) is 5.41. The van der Waals surface area contributed by atoms with Gasteiger partial charge in [-0.15, -0.1) is 11.8 Å². The Morgan fingerprint density at radius 2 is 2.33 bits per heavy atom. The summed E-state index contributed by atoms with van der Waals surface area (Å²) in [4.78, 5) is 11.6. The molecule has 0 bridgehead atoms. The van der Waals surface area contributed by atoms with E-state index >= 15 is 0 Å². The van der Waals surface area contributed by atoms with E-state index in [4.69, 9.17) is 10.5 Å². The number of amides is 1. The third kappa shape index (κ3) is 5.42. The highest BCUT2D eigenvalue weighted by molar-refractivity contribution is 8.00. The van der Waals surface area contributed by atoms with Crippen LogP contribution in [0.15, 0.2) is 24.3 Å². The minimum Gasteiger partial charge on any atom is -0.497 e. The van der Waals surface area contributed by atoms with Crippen LogP contribution in [0.5, 0.6) is 5.75 Å². The van der Waals surface area contributed by atoms with Gasteiger partial charge in [0.25, 0.3) is 0 Å². The molecule has 1 atom stereocenters. The normalized spacial score (nSPS) is 11.9. The second-order valence-electron chi connectivity index (χ2n) is 3.99. The van der Waals surface area contributed by atoms with Crippen LogP contribution >= 0.6 is 11.8 Å². The molecule has 1 aromatic carbocycles. The molecule has 1 amide bonds. The standard InChI is InChI=1S/C13H20N2O2S/c1-10(7-14)18-9-13(16)15-8-11-4-3-5-12(6-11)17-2/h3-6,10H,7-9,14H2,1-2H3,(H,15,16). The first kappa shape index (κ1) is 14.9. The van der Waals surface area contributed by atoms with Gasteiger partial charge in [0.2, 0.25) is 5.91 Å². The maximum atomic E-state index is 11.6. The van der Waals surface area contributed by atoms with E-state index in [1.54, 1.807) is 18.9 Å². The van der Waals surface area contributed by atoms with Crippen molar-refractivity contribution in [2.45, 2.75) is 18.7 Å². The van der Waals surface area contributed by atoms with Crippen molar-refractivity contribution in [3.8, 4) is 5.75 Å². The molecule has 100 valence electrons. The fourth-order valence-corrected chi connectivity index (χ4v) is 1.99. The number of ether oxygens (including phenoxy) is 1. The van der Waals surface area contributed by atoms with Gasteiger partial charge in [0, 0.05) is 18.3 Å². The van der Waals surface area contributed by atoms with Crippen molar-refractivity contribution in [1.29, 1.82) is 0 Å². The van der Waals surface area contributed by atoms with E-state index in [0.717, 1.165) is 11.3 Å². The van der Waals surface area contributed by atoms with Crippen LogP contribution in [0.2, 0.25) is 0 Å². The van der Waals surface area contributed by atoms with Gasteiger partial charge < -0.3 is 15.8 Å². The lowest BCUT2D eigenvalue weighted by atomic mass is 10.2. The lowest BCUT2D eigenvalue weighted by Gasteiger charge is -2.09. The number of nitrogens with two attached hydrogens (primary N) is 1. The molecule has 0 aliphatic carbocycles. The van der Waals surface area contributed by atoms with Gasteiger partial charge in [-0.25, -0.2) is 0 Å². The van der Waals surface area contributed by atoms with Crippen LogP contribution < -0.4 is 15.8 Å². The number of hydrogen-bond donors (Lipinski definition) is 2. The molecule has 18 heavy (non-hydrogen) atoms. The zero-order chi connectivity index (χ0) is 13.4. The molecule has 0 spiro atoms. The quantitative estimate of drug-likeness (QED) is 0.784. The number of benzene rings is 1. The monoisotopic (exact) mass is 268 g/mol. The average molecular weight is 268 g/mol. The highest BCUT2D eigenvalue weighted by Crippen LogP contribution is 2.12. The molecule has 0 heterocycles. The lowest BCUT2D eigenvalue weighted by Crippen LogP contribution is -2.26. The first-order valence-electron chi connectivity index (χ1n) is 5.87. The lowest BCUT2D eigenvalue weighted by molar-refractivity contribution is -0.118. The molecule has 0 aliphatic rings. The number of hydrogen-bond acceptors (Lipinski definition) is 4. The van der Waals surface area contributed by atoms with Gasteiger partial charge in [-0.1, -0.05) is 19.1 Å². The van der Waals surface area contributed by atoms with Gasteiger partial charge in [-0.3, -0.25) is 4.79 Å². The molecule has 0 radical (unpaired) electrons. The third-order valence-corrected chi connectivity index (χ3v) is 3.65. The maximum Gasteiger partial charge on any atom is 0.230 e. The Labute approximate surface area is 112 Å². The SMILES string of the molecule is COc1cccc(CNC(=O)CSC(C)CN)c1. The van der Waals surface area contributed by atoms with E-state index in [1.165, 1.54) is 0 Å². The Hall–Kier alpha value is -1.20. The summed E-state index contributed by atoms with van der Waals surface area (Å²) in [6.07, 6.45) is 0. The molecule has 1 rings (SSSR count). The van der Waals surface area contributed by atoms with Crippen molar-refractivity contribution in [2.24, 2.45) is 5.73 Å². The van der Waals surface area contributed by atoms with Crippen molar-refractivity contribution in [2.75, 3.05) is 19.4 Å². The number of methoxy groups -OCH3 is 1. The Bertz CT molecular complexity index is 385. The summed E-state index contributed by atoms with van der Waals surface area (Å²) >= 11 is 1.57. The van der Waals surface area contributed by atoms with Gasteiger partial charge in [-0.2, -0.15) is 0 Å². The van der Waals surface area contributed by atoms with Gasteiger partial charge in [0.1, 0.15) is 5.75 Å². The van der Waals surface area contributed by atoms with Crippen molar-refractivity contribution in [3.05, 3.63) is 29.8 Å². The van der Waals surface area contributed by atoms with Gasteiger partial charge in [0.15, 0.2) is 0 Å². The maximum absolute atomic E-state index is 11.6. The fraction of sp³-hybridized carbons (Fsp3) is 0.462. The Morgan fingerprint density at radius 3 is 3.00 bits per heavy atom. The molecule has 0 aliphatic heterocycles. The largest absolute Gasteiger partial charge is 0.497 e. The van der Waals surface area contributed by atoms with Crippen molar-refractivity contribution in [1.82, 2.24) is 5.32 Å². The zero-order valence-corrected chi connectivity index (χ0v) is 11.6. The van der Waals surface area contributed by atoms with Gasteiger partial charge in [0.05, 0.1) is 12.9 Å². The molecular weight excluding hydrogens is 248 g/mol. The molecule has 0 aromatic heterocycles. The summed E-state index contributed by atoms with van der Waals surface area (Å²) in [5, 5.41) is 3.19. The van der Waals surface area contributed by atoms with Crippen LogP contribution in [-0.2, 0) is 11.3 Å². The van der Waals surface area contributed by atoms with Crippen LogP contribution in [0, 0.1) is 0 Å². The van der Waals surface area contributed by atoms with Crippen LogP contribution in [0.4, 0.5) is 0 Å². The summed E-state index contributed by atoms with van der Waals surface area (Å²) in [5.41, 5.74) is 6.52. The van der Waals surface area contributed by atoms with Crippen LogP contribution in [0.3, 0.4) is 0 Å². The summed E-state index contributed by atoms with van der Waals surface area (Å²) in [6, 6.07) is 7.66. The topological polar surface area (TPSA) is 64.3 Å². The van der Waals surface area contributed by atoms with E-state index < -0.39 is 0 Å². The second kappa shape index (κ2) is 8.00. The summed E-state index contributed by atoms with van der Waals surface area (Å²) in [5.74, 6) is 1.28. The zero-order valence-electron chi connectivity index (χ0n) is 10.8. The molecule has 1 unspecified atom stereocenters.